The zero-order valence-corrected chi connectivity index (χ0v) is 16.1. The zero-order chi connectivity index (χ0) is 16.3. The molecule has 0 aromatic heterocycles. The van der Waals surface area contributed by atoms with Crippen molar-refractivity contribution in [3.8, 4) is 5.75 Å². The summed E-state index contributed by atoms with van der Waals surface area (Å²) in [7, 11) is 0. The fourth-order valence-corrected chi connectivity index (χ4v) is 3.28. The molecular weight excluding hydrogens is 412 g/mol. The molecule has 2 rings (SSSR count). The molecule has 0 saturated heterocycles. The van der Waals surface area contributed by atoms with Crippen molar-refractivity contribution in [1.82, 2.24) is 0 Å². The minimum Gasteiger partial charge on any atom is -0.494 e. The highest BCUT2D eigenvalue weighted by Crippen LogP contribution is 2.60. The van der Waals surface area contributed by atoms with Crippen LogP contribution >= 0.6 is 31.9 Å². The fraction of sp³-hybridized carbons (Fsp3) is 0.471. The van der Waals surface area contributed by atoms with Crippen LogP contribution in [-0.2, 0) is 16.1 Å². The van der Waals surface area contributed by atoms with Crippen LogP contribution in [0.25, 0.3) is 0 Å². The van der Waals surface area contributed by atoms with Crippen LogP contribution in [0.2, 0.25) is 0 Å². The van der Waals surface area contributed by atoms with E-state index in [0.29, 0.717) is 6.61 Å². The lowest BCUT2D eigenvalue weighted by molar-refractivity contribution is -0.147. The van der Waals surface area contributed by atoms with Gasteiger partial charge in [-0.25, -0.2) is 0 Å². The lowest BCUT2D eigenvalue weighted by atomic mass is 10.1. The van der Waals surface area contributed by atoms with Gasteiger partial charge in [-0.1, -0.05) is 32.1 Å². The van der Waals surface area contributed by atoms with Crippen molar-refractivity contribution < 1.29 is 14.3 Å². The van der Waals surface area contributed by atoms with Gasteiger partial charge < -0.3 is 9.47 Å². The predicted octanol–water partition coefficient (Wildman–Crippen LogP) is 5.03. The van der Waals surface area contributed by atoms with E-state index in [0.717, 1.165) is 14.7 Å². The smallest absolute Gasteiger partial charge is 0.310 e. The molecular formula is C17H20Br2O3. The van der Waals surface area contributed by atoms with Gasteiger partial charge in [-0.2, -0.15) is 0 Å². The summed E-state index contributed by atoms with van der Waals surface area (Å²) in [4.78, 5) is 12.3. The minimum atomic E-state index is -0.144. The maximum absolute atomic E-state index is 12.3. The zero-order valence-electron chi connectivity index (χ0n) is 12.9. The Kier molecular flexibility index (Phi) is 5.72. The summed E-state index contributed by atoms with van der Waals surface area (Å²) in [6.07, 6.45) is 2.02. The Morgan fingerprint density at radius 1 is 1.36 bits per heavy atom. The Morgan fingerprint density at radius 3 is 2.73 bits per heavy atom. The summed E-state index contributed by atoms with van der Waals surface area (Å²) >= 11 is 6.71. The maximum atomic E-state index is 12.3. The first kappa shape index (κ1) is 17.5. The molecule has 0 heterocycles. The van der Waals surface area contributed by atoms with Gasteiger partial charge in [0, 0.05) is 0 Å². The first-order chi connectivity index (χ1) is 10.4. The Hall–Kier alpha value is -0.810. The summed E-state index contributed by atoms with van der Waals surface area (Å²) in [5.41, 5.74) is 0.878. The van der Waals surface area contributed by atoms with Crippen LogP contribution in [-0.4, -0.2) is 12.6 Å². The Morgan fingerprint density at radius 2 is 2.09 bits per heavy atom. The number of hydrogen-bond donors (Lipinski definition) is 0. The number of halogens is 2. The van der Waals surface area contributed by atoms with Crippen LogP contribution in [0.1, 0.15) is 26.3 Å². The van der Waals surface area contributed by atoms with Gasteiger partial charge in [0.15, 0.2) is 0 Å². The van der Waals surface area contributed by atoms with E-state index in [1.54, 1.807) is 0 Å². The SMILES string of the molecule is CCOc1cccc(COC(=O)[C@@H]2[C@@H](C=C(Br)Br)C2(C)C)c1. The number of carbonyl (C=O) groups excluding carboxylic acids is 1. The number of ether oxygens (including phenoxy) is 2. The van der Waals surface area contributed by atoms with E-state index < -0.39 is 0 Å². The molecule has 1 aromatic rings. The lowest BCUT2D eigenvalue weighted by Crippen LogP contribution is -2.10. The largest absolute Gasteiger partial charge is 0.494 e. The van der Waals surface area contributed by atoms with Gasteiger partial charge in [-0.05, 0) is 67.8 Å². The number of benzene rings is 1. The second kappa shape index (κ2) is 7.18. The quantitative estimate of drug-likeness (QED) is 0.592. The van der Waals surface area contributed by atoms with Crippen LogP contribution in [0.4, 0.5) is 0 Å². The molecule has 1 aliphatic rings. The number of carbonyl (C=O) groups is 1. The first-order valence-electron chi connectivity index (χ1n) is 7.27. The van der Waals surface area contributed by atoms with Crippen LogP contribution in [0.5, 0.6) is 5.75 Å². The summed E-state index contributed by atoms with van der Waals surface area (Å²) < 4.78 is 11.8. The maximum Gasteiger partial charge on any atom is 0.310 e. The standard InChI is InChI=1S/C17H20Br2O3/c1-4-21-12-7-5-6-11(8-12)10-22-16(20)15-13(9-14(18)19)17(15,2)3/h5-9,13,15H,4,10H2,1-3H3/t13-,15+/m1/s1. The van der Waals surface area contributed by atoms with E-state index in [1.165, 1.54) is 0 Å². The van der Waals surface area contributed by atoms with E-state index in [1.807, 2.05) is 37.3 Å². The molecule has 1 saturated carbocycles. The number of allylic oxidation sites excluding steroid dienone is 1. The monoisotopic (exact) mass is 430 g/mol. The minimum absolute atomic E-state index is 0.0585. The third-order valence-corrected chi connectivity index (χ3v) is 4.59. The highest BCUT2D eigenvalue weighted by atomic mass is 79.9. The highest BCUT2D eigenvalue weighted by Gasteiger charge is 2.61. The van der Waals surface area contributed by atoms with Crippen molar-refractivity contribution >= 4 is 37.8 Å². The van der Waals surface area contributed by atoms with Crippen LogP contribution < -0.4 is 4.74 Å². The summed E-state index contributed by atoms with van der Waals surface area (Å²) in [5.74, 6) is 0.761. The Labute approximate surface area is 148 Å². The average Bonchev–Trinajstić information content (AvgIpc) is 2.97. The van der Waals surface area contributed by atoms with Crippen molar-refractivity contribution in [3.63, 3.8) is 0 Å². The molecule has 120 valence electrons. The van der Waals surface area contributed by atoms with Crippen molar-refractivity contribution in [3.05, 3.63) is 39.3 Å². The van der Waals surface area contributed by atoms with Gasteiger partial charge in [-0.15, -0.1) is 0 Å². The molecule has 0 bridgehead atoms. The molecule has 0 unspecified atom stereocenters. The number of rotatable bonds is 6. The summed E-state index contributed by atoms with van der Waals surface area (Å²) in [6.45, 7) is 7.00. The van der Waals surface area contributed by atoms with E-state index in [4.69, 9.17) is 9.47 Å². The van der Waals surface area contributed by atoms with Gasteiger partial charge in [0.05, 0.1) is 15.9 Å². The molecule has 22 heavy (non-hydrogen) atoms. The van der Waals surface area contributed by atoms with Crippen LogP contribution in [0.3, 0.4) is 0 Å². The van der Waals surface area contributed by atoms with Gasteiger partial charge >= 0.3 is 5.97 Å². The van der Waals surface area contributed by atoms with Gasteiger partial charge in [-0.3, -0.25) is 4.79 Å². The molecule has 0 amide bonds. The third-order valence-electron chi connectivity index (χ3n) is 4.06. The molecule has 0 spiro atoms. The topological polar surface area (TPSA) is 35.5 Å². The predicted molar refractivity (Wildman–Crippen MR) is 94.1 cm³/mol. The molecule has 0 radical (unpaired) electrons. The van der Waals surface area contributed by atoms with Crippen LogP contribution in [0.15, 0.2) is 33.7 Å². The fourth-order valence-electron chi connectivity index (χ4n) is 2.71. The van der Waals surface area contributed by atoms with Crippen molar-refractivity contribution in [2.24, 2.45) is 17.3 Å². The average molecular weight is 432 g/mol. The second-order valence-corrected chi connectivity index (χ2v) is 8.74. The molecule has 1 fully saturated rings. The Bertz CT molecular complexity index is 577. The van der Waals surface area contributed by atoms with E-state index in [-0.39, 0.29) is 29.8 Å². The number of esters is 1. The summed E-state index contributed by atoms with van der Waals surface area (Å²) in [6, 6.07) is 7.64. The molecule has 1 aliphatic carbocycles. The Balaban J connectivity index is 1.94. The molecule has 0 aliphatic heterocycles. The molecule has 2 atom stereocenters. The van der Waals surface area contributed by atoms with E-state index in [2.05, 4.69) is 45.7 Å². The second-order valence-electron chi connectivity index (χ2n) is 5.97. The highest BCUT2D eigenvalue weighted by molar-refractivity contribution is 9.28. The van der Waals surface area contributed by atoms with Crippen molar-refractivity contribution in [2.75, 3.05) is 6.61 Å². The third kappa shape index (κ3) is 4.13. The van der Waals surface area contributed by atoms with Crippen LogP contribution in [0, 0.1) is 17.3 Å². The van der Waals surface area contributed by atoms with E-state index in [9.17, 15) is 4.79 Å². The lowest BCUT2D eigenvalue weighted by Gasteiger charge is -2.08. The van der Waals surface area contributed by atoms with Gasteiger partial charge in [0.2, 0.25) is 0 Å². The van der Waals surface area contributed by atoms with Crippen molar-refractivity contribution in [1.29, 1.82) is 0 Å². The van der Waals surface area contributed by atoms with Gasteiger partial charge in [0.1, 0.15) is 12.4 Å². The summed E-state index contributed by atoms with van der Waals surface area (Å²) in [5, 5.41) is 0. The molecule has 3 nitrogen and oxygen atoms in total. The first-order valence-corrected chi connectivity index (χ1v) is 8.86. The molecule has 5 heteroatoms. The van der Waals surface area contributed by atoms with Gasteiger partial charge in [0.25, 0.3) is 0 Å². The molecule has 1 aromatic carbocycles. The van der Waals surface area contributed by atoms with E-state index >= 15 is 0 Å². The number of hydrogen-bond acceptors (Lipinski definition) is 3. The normalized spacial score (nSPS) is 21.9. The van der Waals surface area contributed by atoms with Crippen molar-refractivity contribution in [2.45, 2.75) is 27.4 Å². The molecule has 0 N–H and O–H groups in total.